The first-order valence-corrected chi connectivity index (χ1v) is 14.8. The summed E-state index contributed by atoms with van der Waals surface area (Å²) < 4.78 is 6.21. The van der Waals surface area contributed by atoms with Gasteiger partial charge < -0.3 is 20.1 Å². The molecule has 7 nitrogen and oxygen atoms in total. The molecule has 1 atom stereocenters. The third kappa shape index (κ3) is 7.61. The molecule has 1 aliphatic rings. The summed E-state index contributed by atoms with van der Waals surface area (Å²) in [5, 5.41) is 12.0. The zero-order valence-corrected chi connectivity index (χ0v) is 25.1. The van der Waals surface area contributed by atoms with Gasteiger partial charge in [-0.15, -0.1) is 0 Å². The Balaban J connectivity index is 1.68. The van der Waals surface area contributed by atoms with Crippen LogP contribution in [0.5, 0.6) is 5.75 Å². The highest BCUT2D eigenvalue weighted by molar-refractivity contribution is 6.30. The number of unbranched alkanes of at least 4 members (excludes halogenated alkanes) is 2. The van der Waals surface area contributed by atoms with Gasteiger partial charge in [-0.05, 0) is 82.2 Å². The van der Waals surface area contributed by atoms with E-state index in [2.05, 4.69) is 5.32 Å². The number of nitrogens with zero attached hydrogens (tertiary/aromatic N) is 1. The van der Waals surface area contributed by atoms with Crippen LogP contribution in [0, 0.1) is 0 Å². The average Bonchev–Trinajstić information content (AvgIpc) is 3.79. The van der Waals surface area contributed by atoms with Crippen LogP contribution in [0.25, 0.3) is 11.1 Å². The number of carboxylic acids is 1. The van der Waals surface area contributed by atoms with Crippen LogP contribution in [0.4, 0.5) is 0 Å². The van der Waals surface area contributed by atoms with Gasteiger partial charge in [-0.1, -0.05) is 60.7 Å². The Morgan fingerprint density at radius 2 is 1.50 bits per heavy atom. The molecule has 2 N–H and O–H groups in total. The molecule has 0 bridgehead atoms. The van der Waals surface area contributed by atoms with E-state index in [4.69, 9.17) is 9.84 Å². The van der Waals surface area contributed by atoms with Gasteiger partial charge in [0, 0.05) is 29.1 Å². The van der Waals surface area contributed by atoms with Gasteiger partial charge in [0.25, 0.3) is 5.91 Å². The highest BCUT2D eigenvalue weighted by Gasteiger charge is 2.51. The van der Waals surface area contributed by atoms with Crippen molar-refractivity contribution in [2.45, 2.75) is 76.3 Å². The number of hydrogen-bond donors (Lipinski definition) is 2. The summed E-state index contributed by atoms with van der Waals surface area (Å²) in [4.78, 5) is 41.1. The van der Waals surface area contributed by atoms with Crippen LogP contribution < -0.4 is 10.1 Å². The van der Waals surface area contributed by atoms with Gasteiger partial charge >= 0.3 is 5.97 Å². The molecule has 42 heavy (non-hydrogen) atoms. The van der Waals surface area contributed by atoms with Crippen LogP contribution in [0.15, 0.2) is 78.9 Å². The number of carboxylic acid groups (broad SMARTS) is 1. The molecule has 0 saturated heterocycles. The number of ether oxygens (including phenoxy) is 1. The lowest BCUT2D eigenvalue weighted by atomic mass is 9.68. The maximum atomic E-state index is 14.3. The molecule has 4 rings (SSSR count). The van der Waals surface area contributed by atoms with Crippen LogP contribution in [-0.2, 0) is 15.0 Å². The number of benzene rings is 3. The fraction of sp³-hybridized carbons (Fsp3) is 0.382. The normalized spacial score (nSPS) is 14.5. The van der Waals surface area contributed by atoms with E-state index in [9.17, 15) is 14.4 Å². The standard InChI is InChI=1S/C34H41BN2O5/c1-33(2,3)36-32(41)34(35,28-14-9-10-15-29(28)42-23-11-5-8-16-30(38)39)37(27-21-22-27)31(40)26-19-17-25(18-20-26)24-12-6-4-7-13-24/h4,6-7,9-10,12-15,17-20,27H,5,8,11,16,21-23,35H2,1-3H3,(H,36,41)(H,38,39). The van der Waals surface area contributed by atoms with Crippen molar-refractivity contribution in [1.29, 1.82) is 0 Å². The van der Waals surface area contributed by atoms with E-state index < -0.39 is 16.9 Å². The molecular weight excluding hydrogens is 527 g/mol. The molecule has 1 unspecified atom stereocenters. The van der Waals surface area contributed by atoms with Gasteiger partial charge in [0.05, 0.1) is 6.61 Å². The van der Waals surface area contributed by atoms with Crippen molar-refractivity contribution >= 4 is 25.6 Å². The van der Waals surface area contributed by atoms with Crippen molar-refractivity contribution in [1.82, 2.24) is 10.2 Å². The van der Waals surface area contributed by atoms with Gasteiger partial charge in [-0.3, -0.25) is 14.4 Å². The highest BCUT2D eigenvalue weighted by atomic mass is 16.5. The van der Waals surface area contributed by atoms with Gasteiger partial charge in [-0.25, -0.2) is 0 Å². The zero-order valence-electron chi connectivity index (χ0n) is 25.1. The van der Waals surface area contributed by atoms with Crippen molar-refractivity contribution in [2.75, 3.05) is 6.61 Å². The Labute approximate surface area is 249 Å². The molecule has 1 saturated carbocycles. The van der Waals surface area contributed by atoms with E-state index in [1.807, 2.05) is 107 Å². The minimum Gasteiger partial charge on any atom is -0.493 e. The molecule has 220 valence electrons. The first-order valence-electron chi connectivity index (χ1n) is 14.8. The fourth-order valence-electron chi connectivity index (χ4n) is 5.20. The van der Waals surface area contributed by atoms with Crippen molar-refractivity contribution in [3.8, 4) is 16.9 Å². The molecule has 1 aliphatic carbocycles. The van der Waals surface area contributed by atoms with E-state index in [1.165, 1.54) is 0 Å². The number of hydrogen-bond acceptors (Lipinski definition) is 4. The monoisotopic (exact) mass is 568 g/mol. The Morgan fingerprint density at radius 1 is 0.881 bits per heavy atom. The number of carbonyl (C=O) groups excluding carboxylic acids is 2. The molecule has 0 heterocycles. The highest BCUT2D eigenvalue weighted by Crippen LogP contribution is 2.42. The van der Waals surface area contributed by atoms with Crippen molar-refractivity contribution < 1.29 is 24.2 Å². The number of nitrogens with one attached hydrogen (secondary N) is 1. The van der Waals surface area contributed by atoms with Crippen LogP contribution in [0.3, 0.4) is 0 Å². The third-order valence-corrected chi connectivity index (χ3v) is 7.49. The van der Waals surface area contributed by atoms with Crippen LogP contribution in [-0.4, -0.2) is 53.8 Å². The molecular formula is C34H41BN2O5. The molecule has 0 radical (unpaired) electrons. The number of rotatable bonds is 13. The lowest BCUT2D eigenvalue weighted by Crippen LogP contribution is -2.62. The fourth-order valence-corrected chi connectivity index (χ4v) is 5.20. The van der Waals surface area contributed by atoms with Gasteiger partial charge in [0.1, 0.15) is 11.2 Å². The predicted octanol–water partition coefficient (Wildman–Crippen LogP) is 5.38. The predicted molar refractivity (Wildman–Crippen MR) is 167 cm³/mol. The molecule has 2 amide bonds. The van der Waals surface area contributed by atoms with E-state index in [0.29, 0.717) is 36.3 Å². The van der Waals surface area contributed by atoms with E-state index >= 15 is 0 Å². The summed E-state index contributed by atoms with van der Waals surface area (Å²) in [7, 11) is 1.82. The molecule has 3 aromatic carbocycles. The summed E-state index contributed by atoms with van der Waals surface area (Å²) in [6.07, 6.45) is 3.76. The van der Waals surface area contributed by atoms with Crippen molar-refractivity contribution in [3.63, 3.8) is 0 Å². The number of aliphatic carboxylic acids is 1. The van der Waals surface area contributed by atoms with Crippen molar-refractivity contribution in [2.24, 2.45) is 0 Å². The minimum atomic E-state index is -1.34. The topological polar surface area (TPSA) is 95.9 Å². The second-order valence-corrected chi connectivity index (χ2v) is 12.2. The molecule has 3 aromatic rings. The lowest BCUT2D eigenvalue weighted by molar-refractivity contribution is -0.137. The molecule has 0 spiro atoms. The van der Waals surface area contributed by atoms with Crippen LogP contribution >= 0.6 is 0 Å². The second kappa shape index (κ2) is 13.3. The Kier molecular flexibility index (Phi) is 9.76. The zero-order chi connectivity index (χ0) is 30.3. The smallest absolute Gasteiger partial charge is 0.303 e. The summed E-state index contributed by atoms with van der Waals surface area (Å²) in [6, 6.07) is 24.9. The molecule has 0 aromatic heterocycles. The van der Waals surface area contributed by atoms with E-state index in [-0.39, 0.29) is 24.3 Å². The molecule has 8 heteroatoms. The first-order chi connectivity index (χ1) is 20.0. The van der Waals surface area contributed by atoms with E-state index in [1.54, 1.807) is 4.90 Å². The summed E-state index contributed by atoms with van der Waals surface area (Å²) in [5.41, 5.74) is 1.36. The SMILES string of the molecule is BC(C(=O)NC(C)(C)C)(c1ccccc1OCCCCCC(=O)O)N(C(=O)c1ccc(-c2ccccc2)cc1)C1CC1. The van der Waals surface area contributed by atoms with Crippen molar-refractivity contribution in [3.05, 3.63) is 90.0 Å². The summed E-state index contributed by atoms with van der Waals surface area (Å²) in [6.45, 7) is 6.16. The van der Waals surface area contributed by atoms with Gasteiger partial charge in [0.2, 0.25) is 5.91 Å². The Morgan fingerprint density at radius 3 is 2.12 bits per heavy atom. The molecule has 1 fully saturated rings. The maximum absolute atomic E-state index is 14.3. The van der Waals surface area contributed by atoms with E-state index in [0.717, 1.165) is 30.4 Å². The van der Waals surface area contributed by atoms with Gasteiger partial charge in [0.15, 0.2) is 7.85 Å². The quantitative estimate of drug-likeness (QED) is 0.213. The van der Waals surface area contributed by atoms with Crippen LogP contribution in [0.2, 0.25) is 0 Å². The van der Waals surface area contributed by atoms with Crippen LogP contribution in [0.1, 0.15) is 75.2 Å². The Hall–Kier alpha value is -4.07. The molecule has 0 aliphatic heterocycles. The number of para-hydroxylation sites is 1. The summed E-state index contributed by atoms with van der Waals surface area (Å²) >= 11 is 0. The largest absolute Gasteiger partial charge is 0.493 e. The number of amides is 2. The van der Waals surface area contributed by atoms with Gasteiger partial charge in [-0.2, -0.15) is 0 Å². The Bertz CT molecular complexity index is 1380. The number of carbonyl (C=O) groups is 3. The third-order valence-electron chi connectivity index (χ3n) is 7.49. The second-order valence-electron chi connectivity index (χ2n) is 12.2. The minimum absolute atomic E-state index is 0.0777. The first kappa shape index (κ1) is 30.9. The average molecular weight is 569 g/mol. The maximum Gasteiger partial charge on any atom is 0.303 e. The summed E-state index contributed by atoms with van der Waals surface area (Å²) in [5.74, 6) is -0.734. The lowest BCUT2D eigenvalue weighted by Gasteiger charge is -2.43.